The summed E-state index contributed by atoms with van der Waals surface area (Å²) in [5.74, 6) is 0.192. The Labute approximate surface area is 152 Å². The molecule has 3 aromatic rings. The van der Waals surface area contributed by atoms with Gasteiger partial charge in [0.15, 0.2) is 11.6 Å². The van der Waals surface area contributed by atoms with Crippen molar-refractivity contribution in [3.63, 3.8) is 0 Å². The van der Waals surface area contributed by atoms with Crippen LogP contribution < -0.4 is 5.32 Å². The van der Waals surface area contributed by atoms with Gasteiger partial charge in [-0.05, 0) is 37.5 Å². The second kappa shape index (κ2) is 8.34. The van der Waals surface area contributed by atoms with Crippen LogP contribution in [0.3, 0.4) is 0 Å². The van der Waals surface area contributed by atoms with Crippen LogP contribution in [-0.4, -0.2) is 15.9 Å². The van der Waals surface area contributed by atoms with Gasteiger partial charge in [0.2, 0.25) is 5.91 Å². The Morgan fingerprint density at radius 2 is 1.62 bits per heavy atom. The second-order valence-corrected chi connectivity index (χ2v) is 6.17. The van der Waals surface area contributed by atoms with Gasteiger partial charge < -0.3 is 5.32 Å². The summed E-state index contributed by atoms with van der Waals surface area (Å²) in [6, 6.07) is 17.6. The third kappa shape index (κ3) is 4.96. The molecule has 4 nitrogen and oxygen atoms in total. The summed E-state index contributed by atoms with van der Waals surface area (Å²) in [5, 5.41) is 2.88. The van der Waals surface area contributed by atoms with E-state index in [4.69, 9.17) is 0 Å². The Balaban J connectivity index is 0.000000278. The van der Waals surface area contributed by atoms with E-state index in [1.807, 2.05) is 61.5 Å². The molecule has 5 heteroatoms. The maximum absolute atomic E-state index is 12.9. The number of carbonyl (C=O) groups is 1. The zero-order chi connectivity index (χ0) is 18.4. The number of aryl methyl sites for hydroxylation is 1. The lowest BCUT2D eigenvalue weighted by atomic mass is 10.1. The Morgan fingerprint density at radius 3 is 2.15 bits per heavy atom. The maximum Gasteiger partial charge on any atom is 0.227 e. The molecule has 4 rings (SSSR count). The third-order valence-corrected chi connectivity index (χ3v) is 3.98. The number of hydrogen-bond donors (Lipinski definition) is 1. The summed E-state index contributed by atoms with van der Waals surface area (Å²) < 4.78 is 12.9. The first-order valence-electron chi connectivity index (χ1n) is 8.53. The fourth-order valence-corrected chi connectivity index (χ4v) is 2.37. The van der Waals surface area contributed by atoms with E-state index in [0.717, 1.165) is 42.0 Å². The number of amides is 1. The molecule has 2 aromatic carbocycles. The van der Waals surface area contributed by atoms with E-state index in [1.165, 1.54) is 0 Å². The number of halogens is 1. The fraction of sp³-hybridized carbons (Fsp3) is 0.190. The molecule has 1 heterocycles. The molecular formula is C21H20FN3O. The summed E-state index contributed by atoms with van der Waals surface area (Å²) in [6.45, 7) is 1.93. The van der Waals surface area contributed by atoms with Crippen LogP contribution in [0.4, 0.5) is 10.1 Å². The molecule has 0 aliphatic heterocycles. The highest BCUT2D eigenvalue weighted by atomic mass is 19.1. The Hall–Kier alpha value is -3.08. The van der Waals surface area contributed by atoms with Crippen molar-refractivity contribution in [1.29, 1.82) is 0 Å². The summed E-state index contributed by atoms with van der Waals surface area (Å²) in [5.41, 5.74) is 2.48. The predicted molar refractivity (Wildman–Crippen MR) is 100.0 cm³/mol. The number of nitrogens with zero attached hydrogens (tertiary/aromatic N) is 2. The molecular weight excluding hydrogens is 329 g/mol. The standard InChI is InChI=1S/C15H14FN3O.C6H6/c1-9-2-5-12(19-15(20)10-3-4-10)6-13(9)14-17-7-11(16)8-18-14;1-2-4-6-5-3-1/h2,5-8,10H,3-4H2,1H3,(H,19,20);1-6H. The van der Waals surface area contributed by atoms with E-state index in [9.17, 15) is 9.18 Å². The third-order valence-electron chi connectivity index (χ3n) is 3.98. The molecule has 0 atom stereocenters. The van der Waals surface area contributed by atoms with Crippen LogP contribution >= 0.6 is 0 Å². The molecule has 1 amide bonds. The zero-order valence-corrected chi connectivity index (χ0v) is 14.5. The van der Waals surface area contributed by atoms with Gasteiger partial charge in [0.05, 0.1) is 12.4 Å². The highest BCUT2D eigenvalue weighted by molar-refractivity contribution is 5.94. The number of rotatable bonds is 3. The molecule has 0 spiro atoms. The van der Waals surface area contributed by atoms with Crippen molar-refractivity contribution in [2.75, 3.05) is 5.32 Å². The van der Waals surface area contributed by atoms with Gasteiger partial charge in [-0.15, -0.1) is 0 Å². The normalized spacial score (nSPS) is 12.7. The van der Waals surface area contributed by atoms with Gasteiger partial charge in [0, 0.05) is 17.2 Å². The first kappa shape index (κ1) is 17.7. The SMILES string of the molecule is Cc1ccc(NC(=O)C2CC2)cc1-c1ncc(F)cn1.c1ccccc1. The number of anilines is 1. The molecule has 0 saturated heterocycles. The number of aromatic nitrogens is 2. The lowest BCUT2D eigenvalue weighted by molar-refractivity contribution is -0.117. The molecule has 1 aliphatic rings. The topological polar surface area (TPSA) is 54.9 Å². The lowest BCUT2D eigenvalue weighted by Crippen LogP contribution is -2.13. The minimum absolute atomic E-state index is 0.0554. The summed E-state index contributed by atoms with van der Waals surface area (Å²) in [7, 11) is 0. The van der Waals surface area contributed by atoms with Crippen molar-refractivity contribution >= 4 is 11.6 Å². The van der Waals surface area contributed by atoms with Gasteiger partial charge in [-0.1, -0.05) is 42.5 Å². The summed E-state index contributed by atoms with van der Waals surface area (Å²) in [6.07, 6.45) is 4.20. The van der Waals surface area contributed by atoms with Crippen molar-refractivity contribution in [2.24, 2.45) is 5.92 Å². The molecule has 0 bridgehead atoms. The molecule has 1 saturated carbocycles. The molecule has 1 N–H and O–H groups in total. The second-order valence-electron chi connectivity index (χ2n) is 6.17. The van der Waals surface area contributed by atoms with Crippen molar-refractivity contribution < 1.29 is 9.18 Å². The summed E-state index contributed by atoms with van der Waals surface area (Å²) >= 11 is 0. The highest BCUT2D eigenvalue weighted by Crippen LogP contribution is 2.31. The average Bonchev–Trinajstić information content (AvgIpc) is 3.51. The van der Waals surface area contributed by atoms with E-state index in [0.29, 0.717) is 5.82 Å². The fourth-order valence-electron chi connectivity index (χ4n) is 2.37. The van der Waals surface area contributed by atoms with Crippen LogP contribution in [-0.2, 0) is 4.79 Å². The Bertz CT molecular complexity index is 835. The largest absolute Gasteiger partial charge is 0.326 e. The van der Waals surface area contributed by atoms with Gasteiger partial charge >= 0.3 is 0 Å². The minimum atomic E-state index is -0.468. The lowest BCUT2D eigenvalue weighted by Gasteiger charge is -2.09. The smallest absolute Gasteiger partial charge is 0.227 e. The van der Waals surface area contributed by atoms with E-state index < -0.39 is 5.82 Å². The van der Waals surface area contributed by atoms with Crippen LogP contribution in [0.15, 0.2) is 67.0 Å². The van der Waals surface area contributed by atoms with Crippen molar-refractivity contribution in [3.05, 3.63) is 78.4 Å². The molecule has 1 aromatic heterocycles. The highest BCUT2D eigenvalue weighted by Gasteiger charge is 2.29. The van der Waals surface area contributed by atoms with Crippen LogP contribution in [0.1, 0.15) is 18.4 Å². The van der Waals surface area contributed by atoms with Crippen molar-refractivity contribution in [1.82, 2.24) is 9.97 Å². The van der Waals surface area contributed by atoms with Gasteiger partial charge in [-0.3, -0.25) is 4.79 Å². The molecule has 132 valence electrons. The van der Waals surface area contributed by atoms with Gasteiger partial charge in [0.1, 0.15) is 0 Å². The van der Waals surface area contributed by atoms with Crippen LogP contribution in [0, 0.1) is 18.7 Å². The van der Waals surface area contributed by atoms with Crippen LogP contribution in [0.5, 0.6) is 0 Å². The number of carbonyl (C=O) groups excluding carboxylic acids is 1. The molecule has 26 heavy (non-hydrogen) atoms. The number of benzene rings is 2. The first-order chi connectivity index (χ1) is 12.6. The predicted octanol–water partition coefficient (Wildman–Crippen LogP) is 4.63. The van der Waals surface area contributed by atoms with Crippen molar-refractivity contribution in [2.45, 2.75) is 19.8 Å². The van der Waals surface area contributed by atoms with E-state index in [1.54, 1.807) is 0 Å². The maximum atomic E-state index is 12.9. The van der Waals surface area contributed by atoms with Gasteiger partial charge in [-0.2, -0.15) is 0 Å². The van der Waals surface area contributed by atoms with Gasteiger partial charge in [0.25, 0.3) is 0 Å². The van der Waals surface area contributed by atoms with Gasteiger partial charge in [-0.25, -0.2) is 14.4 Å². The monoisotopic (exact) mass is 349 g/mol. The molecule has 0 radical (unpaired) electrons. The minimum Gasteiger partial charge on any atom is -0.326 e. The van der Waals surface area contributed by atoms with Crippen LogP contribution in [0.2, 0.25) is 0 Å². The van der Waals surface area contributed by atoms with Crippen LogP contribution in [0.25, 0.3) is 11.4 Å². The van der Waals surface area contributed by atoms with E-state index >= 15 is 0 Å². The average molecular weight is 349 g/mol. The van der Waals surface area contributed by atoms with E-state index in [2.05, 4.69) is 15.3 Å². The first-order valence-corrected chi connectivity index (χ1v) is 8.53. The van der Waals surface area contributed by atoms with Crippen molar-refractivity contribution in [3.8, 4) is 11.4 Å². The number of hydrogen-bond acceptors (Lipinski definition) is 3. The Kier molecular flexibility index (Phi) is 5.69. The van der Waals surface area contributed by atoms with E-state index in [-0.39, 0.29) is 11.8 Å². The summed E-state index contributed by atoms with van der Waals surface area (Å²) in [4.78, 5) is 19.7. The molecule has 1 aliphatic carbocycles. The Morgan fingerprint density at radius 1 is 1.04 bits per heavy atom. The zero-order valence-electron chi connectivity index (χ0n) is 14.5. The number of nitrogens with one attached hydrogen (secondary N) is 1. The quantitative estimate of drug-likeness (QED) is 0.750. The molecule has 0 unspecified atom stereocenters. The molecule has 1 fully saturated rings.